The van der Waals surface area contributed by atoms with Crippen molar-refractivity contribution in [2.24, 2.45) is 5.41 Å². The first kappa shape index (κ1) is 22.3. The molecule has 0 saturated heterocycles. The van der Waals surface area contributed by atoms with Gasteiger partial charge in [-0.05, 0) is 42.0 Å². The highest BCUT2D eigenvalue weighted by molar-refractivity contribution is 6.04. The fraction of sp³-hybridized carbons (Fsp3) is 0.357. The van der Waals surface area contributed by atoms with Gasteiger partial charge in [0.05, 0.1) is 12.2 Å². The standard InChI is InChI=1S/C28H29NO5/c1-17-24(27(31)32-12-11-18-7-5-4-6-8-18)25(19-9-10-22-23(13-19)34-16-33-22)26-20(29-17)14-28(2,3)15-21(26)30/h4-10,13,25,29H,11-12,14-16H2,1-3H3/t25-/m1/s1. The van der Waals surface area contributed by atoms with Gasteiger partial charge in [-0.2, -0.15) is 0 Å². The molecule has 0 bridgehead atoms. The van der Waals surface area contributed by atoms with E-state index in [1.807, 2.05) is 55.5 Å². The molecule has 1 atom stereocenters. The Bertz CT molecular complexity index is 1210. The largest absolute Gasteiger partial charge is 0.462 e. The maximum absolute atomic E-state index is 13.4. The summed E-state index contributed by atoms with van der Waals surface area (Å²) in [5.74, 6) is 0.418. The Labute approximate surface area is 199 Å². The summed E-state index contributed by atoms with van der Waals surface area (Å²) in [6.45, 7) is 6.50. The number of benzene rings is 2. The maximum atomic E-state index is 13.4. The smallest absolute Gasteiger partial charge is 0.336 e. The summed E-state index contributed by atoms with van der Waals surface area (Å²) < 4.78 is 16.8. The average molecular weight is 460 g/mol. The molecule has 0 saturated carbocycles. The summed E-state index contributed by atoms with van der Waals surface area (Å²) in [7, 11) is 0. The van der Waals surface area contributed by atoms with Crippen molar-refractivity contribution in [2.75, 3.05) is 13.4 Å². The van der Waals surface area contributed by atoms with Crippen LogP contribution >= 0.6 is 0 Å². The van der Waals surface area contributed by atoms with Gasteiger partial charge < -0.3 is 19.5 Å². The second kappa shape index (κ2) is 8.67. The Morgan fingerprint density at radius 2 is 1.85 bits per heavy atom. The molecule has 0 unspecified atom stereocenters. The van der Waals surface area contributed by atoms with E-state index in [4.69, 9.17) is 14.2 Å². The van der Waals surface area contributed by atoms with E-state index in [0.29, 0.717) is 35.5 Å². The van der Waals surface area contributed by atoms with Gasteiger partial charge in [-0.25, -0.2) is 4.79 Å². The van der Waals surface area contributed by atoms with Crippen LogP contribution in [0.1, 0.15) is 50.7 Å². The zero-order valence-corrected chi connectivity index (χ0v) is 19.8. The van der Waals surface area contributed by atoms with Crippen molar-refractivity contribution in [2.45, 2.75) is 46.0 Å². The third-order valence-electron chi connectivity index (χ3n) is 6.66. The Kier molecular flexibility index (Phi) is 5.68. The molecule has 0 fully saturated rings. The number of hydrogen-bond donors (Lipinski definition) is 1. The minimum Gasteiger partial charge on any atom is -0.462 e. The van der Waals surface area contributed by atoms with Crippen molar-refractivity contribution in [1.29, 1.82) is 0 Å². The third-order valence-corrected chi connectivity index (χ3v) is 6.66. The van der Waals surface area contributed by atoms with Crippen LogP contribution in [0.15, 0.2) is 71.1 Å². The number of ketones is 1. The van der Waals surface area contributed by atoms with Crippen LogP contribution < -0.4 is 14.8 Å². The predicted octanol–water partition coefficient (Wildman–Crippen LogP) is 4.81. The number of carbonyl (C=O) groups excluding carboxylic acids is 2. The highest BCUT2D eigenvalue weighted by atomic mass is 16.7. The van der Waals surface area contributed by atoms with E-state index in [1.54, 1.807) is 0 Å². The summed E-state index contributed by atoms with van der Waals surface area (Å²) in [4.78, 5) is 26.8. The fourth-order valence-electron chi connectivity index (χ4n) is 5.12. The van der Waals surface area contributed by atoms with Crippen LogP contribution in [0, 0.1) is 5.41 Å². The van der Waals surface area contributed by atoms with Gasteiger partial charge in [0.1, 0.15) is 0 Å². The van der Waals surface area contributed by atoms with Crippen LogP contribution in [0.4, 0.5) is 0 Å². The van der Waals surface area contributed by atoms with Gasteiger partial charge in [-0.1, -0.05) is 50.2 Å². The van der Waals surface area contributed by atoms with Crippen molar-refractivity contribution in [3.05, 3.63) is 82.2 Å². The molecule has 2 heterocycles. The van der Waals surface area contributed by atoms with E-state index < -0.39 is 11.9 Å². The van der Waals surface area contributed by atoms with Gasteiger partial charge in [0.25, 0.3) is 0 Å². The quantitative estimate of drug-likeness (QED) is 0.647. The molecule has 3 aliphatic rings. The average Bonchev–Trinajstić information content (AvgIpc) is 3.26. The van der Waals surface area contributed by atoms with Crippen molar-refractivity contribution < 1.29 is 23.8 Å². The van der Waals surface area contributed by atoms with Crippen LogP contribution in [0.2, 0.25) is 0 Å². The monoisotopic (exact) mass is 459 g/mol. The summed E-state index contributed by atoms with van der Waals surface area (Å²) in [5, 5.41) is 3.38. The van der Waals surface area contributed by atoms with E-state index in [2.05, 4.69) is 19.2 Å². The summed E-state index contributed by atoms with van der Waals surface area (Å²) in [5.41, 5.74) is 4.51. The highest BCUT2D eigenvalue weighted by Crippen LogP contribution is 2.48. The number of rotatable bonds is 5. The van der Waals surface area contributed by atoms with Crippen LogP contribution in [0.25, 0.3) is 0 Å². The van der Waals surface area contributed by atoms with Gasteiger partial charge in [0.15, 0.2) is 17.3 Å². The number of esters is 1. The summed E-state index contributed by atoms with van der Waals surface area (Å²) >= 11 is 0. The van der Waals surface area contributed by atoms with Crippen LogP contribution in [0.5, 0.6) is 11.5 Å². The lowest BCUT2D eigenvalue weighted by Crippen LogP contribution is -2.38. The van der Waals surface area contributed by atoms with Gasteiger partial charge in [-0.15, -0.1) is 0 Å². The molecule has 2 aromatic rings. The third kappa shape index (κ3) is 4.20. The molecule has 5 rings (SSSR count). The molecule has 1 N–H and O–H groups in total. The minimum atomic E-state index is -0.515. The second-order valence-corrected chi connectivity index (χ2v) is 9.91. The molecule has 0 radical (unpaired) electrons. The van der Waals surface area contributed by atoms with Gasteiger partial charge >= 0.3 is 5.97 Å². The fourth-order valence-corrected chi connectivity index (χ4v) is 5.12. The van der Waals surface area contributed by atoms with E-state index in [1.165, 1.54) is 0 Å². The first-order valence-corrected chi connectivity index (χ1v) is 11.7. The van der Waals surface area contributed by atoms with Gasteiger partial charge in [0, 0.05) is 35.7 Å². The van der Waals surface area contributed by atoms with Crippen LogP contribution in [0.3, 0.4) is 0 Å². The Balaban J connectivity index is 1.49. The highest BCUT2D eigenvalue weighted by Gasteiger charge is 2.43. The Hall–Kier alpha value is -3.54. The molecule has 2 aromatic carbocycles. The molecule has 6 nitrogen and oxygen atoms in total. The molecular weight excluding hydrogens is 430 g/mol. The lowest BCUT2D eigenvalue weighted by molar-refractivity contribution is -0.139. The number of nitrogens with one attached hydrogen (secondary N) is 1. The number of fused-ring (bicyclic) bond motifs is 1. The molecule has 34 heavy (non-hydrogen) atoms. The lowest BCUT2D eigenvalue weighted by Gasteiger charge is -2.39. The van der Waals surface area contributed by atoms with Crippen LogP contribution in [-0.2, 0) is 20.7 Å². The molecule has 0 aromatic heterocycles. The van der Waals surface area contributed by atoms with Crippen molar-refractivity contribution >= 4 is 11.8 Å². The van der Waals surface area contributed by atoms with Crippen molar-refractivity contribution in [1.82, 2.24) is 5.32 Å². The summed E-state index contributed by atoms with van der Waals surface area (Å²) in [6.07, 6.45) is 1.80. The molecule has 2 aliphatic heterocycles. The topological polar surface area (TPSA) is 73.9 Å². The molecule has 176 valence electrons. The van der Waals surface area contributed by atoms with E-state index in [-0.39, 0.29) is 24.6 Å². The molecule has 6 heteroatoms. The van der Waals surface area contributed by atoms with Crippen molar-refractivity contribution in [3.63, 3.8) is 0 Å². The van der Waals surface area contributed by atoms with Crippen LogP contribution in [-0.4, -0.2) is 25.2 Å². The second-order valence-electron chi connectivity index (χ2n) is 9.91. The van der Waals surface area contributed by atoms with E-state index in [0.717, 1.165) is 28.9 Å². The number of dihydropyridines is 1. The zero-order chi connectivity index (χ0) is 23.9. The predicted molar refractivity (Wildman–Crippen MR) is 127 cm³/mol. The zero-order valence-electron chi connectivity index (χ0n) is 19.8. The number of allylic oxidation sites excluding steroid dienone is 3. The van der Waals surface area contributed by atoms with Gasteiger partial charge in [-0.3, -0.25) is 4.79 Å². The first-order chi connectivity index (χ1) is 16.3. The lowest BCUT2D eigenvalue weighted by atomic mass is 9.68. The summed E-state index contributed by atoms with van der Waals surface area (Å²) in [6, 6.07) is 15.5. The minimum absolute atomic E-state index is 0.0588. The first-order valence-electron chi connectivity index (χ1n) is 11.7. The number of ether oxygens (including phenoxy) is 3. The molecular formula is C28H29NO5. The Morgan fingerprint density at radius 3 is 2.65 bits per heavy atom. The molecule has 0 spiro atoms. The SMILES string of the molecule is CC1=C(C(=O)OCCc2ccccc2)[C@@H](c2ccc3c(c2)OCO3)C2=C(CC(C)(C)CC2=O)N1. The van der Waals surface area contributed by atoms with E-state index in [9.17, 15) is 9.59 Å². The van der Waals surface area contributed by atoms with Crippen molar-refractivity contribution in [3.8, 4) is 11.5 Å². The molecule has 1 aliphatic carbocycles. The maximum Gasteiger partial charge on any atom is 0.336 e. The molecule has 0 amide bonds. The van der Waals surface area contributed by atoms with E-state index >= 15 is 0 Å². The normalized spacial score (nSPS) is 20.7. The Morgan fingerprint density at radius 1 is 1.09 bits per heavy atom. The number of carbonyl (C=O) groups is 2. The number of hydrogen-bond acceptors (Lipinski definition) is 6. The van der Waals surface area contributed by atoms with Gasteiger partial charge in [0.2, 0.25) is 6.79 Å². The number of Topliss-reactive ketones (excluding diaryl/α,β-unsaturated/α-hetero) is 1.